The lowest BCUT2D eigenvalue weighted by molar-refractivity contribution is 0.914. The summed E-state index contributed by atoms with van der Waals surface area (Å²) in [6, 6.07) is 12.5. The average molecular weight is 270 g/mol. The smallest absolute Gasteiger partial charge is 0.159 e. The summed E-state index contributed by atoms with van der Waals surface area (Å²) in [5, 5.41) is 10.8. The Morgan fingerprint density at radius 3 is 2.42 bits per heavy atom. The van der Waals surface area contributed by atoms with Crippen molar-refractivity contribution in [3.8, 4) is 11.3 Å². The molecule has 3 rings (SSSR count). The van der Waals surface area contributed by atoms with Crippen molar-refractivity contribution in [2.24, 2.45) is 0 Å². The Kier molecular flexibility index (Phi) is 2.91. The minimum absolute atomic E-state index is 0.388. The van der Waals surface area contributed by atoms with Gasteiger partial charge in [-0.2, -0.15) is 0 Å². The average Bonchev–Trinajstić information content (AvgIpc) is 2.38. The van der Waals surface area contributed by atoms with E-state index in [1.807, 2.05) is 6.07 Å². The van der Waals surface area contributed by atoms with E-state index in [0.29, 0.717) is 16.7 Å². The molecule has 0 atom stereocenters. The number of hydrogen-bond donors (Lipinski definition) is 0. The highest BCUT2D eigenvalue weighted by Crippen LogP contribution is 2.27. The zero-order valence-corrected chi connectivity index (χ0v) is 11.4. The van der Waals surface area contributed by atoms with Gasteiger partial charge >= 0.3 is 0 Å². The third-order valence-electron chi connectivity index (χ3n) is 3.02. The quantitative estimate of drug-likeness (QED) is 0.671. The Balaban J connectivity index is 2.17. The van der Waals surface area contributed by atoms with E-state index < -0.39 is 0 Å². The first-order valence-electron chi connectivity index (χ1n) is 6.01. The van der Waals surface area contributed by atoms with Crippen LogP contribution in [0, 0.1) is 13.8 Å². The lowest BCUT2D eigenvalue weighted by Crippen LogP contribution is -1.96. The summed E-state index contributed by atoms with van der Waals surface area (Å²) in [7, 11) is 0. The van der Waals surface area contributed by atoms with Gasteiger partial charge in [-0.3, -0.25) is 0 Å². The number of fused-ring (bicyclic) bond motifs is 1. The molecule has 0 saturated carbocycles. The van der Waals surface area contributed by atoms with Crippen LogP contribution in [-0.2, 0) is 0 Å². The molecule has 0 aliphatic rings. The normalized spacial score (nSPS) is 10.9. The third kappa shape index (κ3) is 2.29. The summed E-state index contributed by atoms with van der Waals surface area (Å²) < 4.78 is 0. The maximum absolute atomic E-state index is 6.13. The molecule has 0 aliphatic heterocycles. The van der Waals surface area contributed by atoms with Gasteiger partial charge in [-0.15, -0.1) is 10.2 Å². The van der Waals surface area contributed by atoms with Gasteiger partial charge in [0.05, 0.1) is 0 Å². The van der Waals surface area contributed by atoms with E-state index in [0.717, 1.165) is 10.9 Å². The largest absolute Gasteiger partial charge is 0.217 e. The summed E-state index contributed by atoms with van der Waals surface area (Å²) in [5.41, 5.74) is 2.80. The zero-order valence-electron chi connectivity index (χ0n) is 10.7. The van der Waals surface area contributed by atoms with Gasteiger partial charge in [0.15, 0.2) is 5.15 Å². The van der Waals surface area contributed by atoms with Gasteiger partial charge in [-0.05, 0) is 30.7 Å². The van der Waals surface area contributed by atoms with Crippen LogP contribution in [-0.4, -0.2) is 15.2 Å². The summed E-state index contributed by atoms with van der Waals surface area (Å²) in [4.78, 5) is 4.14. The van der Waals surface area contributed by atoms with Crippen LogP contribution < -0.4 is 0 Å². The lowest BCUT2D eigenvalue weighted by atomic mass is 10.0. The number of nitrogens with zero attached hydrogens (tertiary/aromatic N) is 3. The molecular weight excluding hydrogens is 258 g/mol. The molecule has 19 heavy (non-hydrogen) atoms. The van der Waals surface area contributed by atoms with Crippen LogP contribution in [0.1, 0.15) is 11.4 Å². The molecule has 3 nitrogen and oxygen atoms in total. The predicted octanol–water partition coefficient (Wildman–Crippen LogP) is 3.96. The van der Waals surface area contributed by atoms with Crippen LogP contribution in [0.15, 0.2) is 36.4 Å². The molecule has 94 valence electrons. The first-order chi connectivity index (χ1) is 9.13. The van der Waals surface area contributed by atoms with Gasteiger partial charge in [0.25, 0.3) is 0 Å². The molecular formula is C15H12ClN3. The van der Waals surface area contributed by atoms with Crippen molar-refractivity contribution in [3.63, 3.8) is 0 Å². The van der Waals surface area contributed by atoms with E-state index in [4.69, 9.17) is 11.6 Å². The summed E-state index contributed by atoms with van der Waals surface area (Å²) >= 11 is 6.13. The van der Waals surface area contributed by atoms with Crippen molar-refractivity contribution in [1.29, 1.82) is 0 Å². The monoisotopic (exact) mass is 269 g/mol. The fraction of sp³-hybridized carbons (Fsp3) is 0.133. The van der Waals surface area contributed by atoms with Crippen LogP contribution in [0.2, 0.25) is 5.15 Å². The molecule has 1 aromatic heterocycles. The summed E-state index contributed by atoms with van der Waals surface area (Å²) in [5.74, 6) is 0.574. The second-order valence-corrected chi connectivity index (χ2v) is 4.92. The number of aromatic nitrogens is 3. The highest BCUT2D eigenvalue weighted by molar-refractivity contribution is 6.31. The number of halogens is 1. The molecule has 0 unspecified atom stereocenters. The topological polar surface area (TPSA) is 38.7 Å². The molecule has 0 radical (unpaired) electrons. The van der Waals surface area contributed by atoms with E-state index in [1.54, 1.807) is 6.92 Å². The molecule has 1 heterocycles. The van der Waals surface area contributed by atoms with E-state index in [-0.39, 0.29) is 0 Å². The van der Waals surface area contributed by atoms with Crippen molar-refractivity contribution >= 4 is 22.4 Å². The van der Waals surface area contributed by atoms with Gasteiger partial charge in [0.1, 0.15) is 11.5 Å². The Morgan fingerprint density at radius 2 is 1.63 bits per heavy atom. The van der Waals surface area contributed by atoms with Crippen molar-refractivity contribution in [1.82, 2.24) is 15.2 Å². The first kappa shape index (κ1) is 12.1. The number of rotatable bonds is 1. The second kappa shape index (κ2) is 4.59. The molecule has 0 saturated heterocycles. The Bertz CT molecular complexity index is 768. The first-order valence-corrected chi connectivity index (χ1v) is 6.39. The molecule has 0 fully saturated rings. The van der Waals surface area contributed by atoms with E-state index in [9.17, 15) is 0 Å². The van der Waals surface area contributed by atoms with E-state index in [2.05, 4.69) is 52.4 Å². The van der Waals surface area contributed by atoms with Gasteiger partial charge < -0.3 is 0 Å². The summed E-state index contributed by atoms with van der Waals surface area (Å²) in [6.45, 7) is 3.85. The van der Waals surface area contributed by atoms with Crippen LogP contribution in [0.3, 0.4) is 0 Å². The van der Waals surface area contributed by atoms with Crippen LogP contribution >= 0.6 is 11.6 Å². The van der Waals surface area contributed by atoms with Crippen molar-refractivity contribution in [2.45, 2.75) is 13.8 Å². The van der Waals surface area contributed by atoms with Crippen molar-refractivity contribution < 1.29 is 0 Å². The molecule has 0 spiro atoms. The second-order valence-electron chi connectivity index (χ2n) is 4.56. The maximum Gasteiger partial charge on any atom is 0.159 e. The number of aryl methyl sites for hydroxylation is 2. The van der Waals surface area contributed by atoms with E-state index in [1.165, 1.54) is 10.9 Å². The zero-order chi connectivity index (χ0) is 13.4. The predicted molar refractivity (Wildman–Crippen MR) is 77.3 cm³/mol. The maximum atomic E-state index is 6.13. The van der Waals surface area contributed by atoms with Gasteiger partial charge in [-0.25, -0.2) is 4.98 Å². The van der Waals surface area contributed by atoms with Crippen LogP contribution in [0.25, 0.3) is 22.0 Å². The molecule has 0 amide bonds. The molecule has 0 aliphatic carbocycles. The fourth-order valence-electron chi connectivity index (χ4n) is 2.07. The van der Waals surface area contributed by atoms with E-state index >= 15 is 0 Å². The van der Waals surface area contributed by atoms with Crippen LogP contribution in [0.5, 0.6) is 0 Å². The van der Waals surface area contributed by atoms with Gasteiger partial charge in [-0.1, -0.05) is 47.5 Å². The van der Waals surface area contributed by atoms with Crippen molar-refractivity contribution in [3.05, 3.63) is 52.9 Å². The highest BCUT2D eigenvalue weighted by Gasteiger charge is 2.08. The molecule has 0 N–H and O–H groups in total. The minimum atomic E-state index is 0.388. The molecule has 0 bridgehead atoms. The van der Waals surface area contributed by atoms with Crippen molar-refractivity contribution in [2.75, 3.05) is 0 Å². The Labute approximate surface area is 116 Å². The Hall–Kier alpha value is -2.00. The van der Waals surface area contributed by atoms with Crippen LogP contribution in [0.4, 0.5) is 0 Å². The third-order valence-corrected chi connectivity index (χ3v) is 3.28. The molecule has 2 aromatic carbocycles. The standard InChI is InChI=1S/C15H12ClN3/c1-9-3-4-12-8-13(6-5-11(12)7-9)14-15(16)17-10(2)18-19-14/h3-8H,1-2H3. The van der Waals surface area contributed by atoms with Gasteiger partial charge in [0.2, 0.25) is 0 Å². The fourth-order valence-corrected chi connectivity index (χ4v) is 2.34. The highest BCUT2D eigenvalue weighted by atomic mass is 35.5. The number of benzene rings is 2. The number of hydrogen-bond acceptors (Lipinski definition) is 3. The molecule has 4 heteroatoms. The Morgan fingerprint density at radius 1 is 0.895 bits per heavy atom. The lowest BCUT2D eigenvalue weighted by Gasteiger charge is -2.05. The summed E-state index contributed by atoms with van der Waals surface area (Å²) in [6.07, 6.45) is 0. The van der Waals surface area contributed by atoms with Gasteiger partial charge in [0, 0.05) is 5.56 Å². The minimum Gasteiger partial charge on any atom is -0.217 e. The molecule has 3 aromatic rings. The SMILES string of the molecule is Cc1ccc2cc(-c3nnc(C)nc3Cl)ccc2c1.